The molecule has 0 spiro atoms. The van der Waals surface area contributed by atoms with Crippen LogP contribution in [-0.4, -0.2) is 22.6 Å². The van der Waals surface area contributed by atoms with Crippen LogP contribution < -0.4 is 4.90 Å². The SMILES string of the molecule is Cc1ccnc(N2CCC3CC32)n1. The van der Waals surface area contributed by atoms with Gasteiger partial charge in [-0.1, -0.05) is 0 Å². The molecule has 0 bridgehead atoms. The average molecular weight is 175 g/mol. The minimum Gasteiger partial charge on any atom is -0.338 e. The summed E-state index contributed by atoms with van der Waals surface area (Å²) in [6.45, 7) is 3.17. The molecule has 3 heteroatoms. The molecule has 2 aliphatic rings. The molecule has 1 saturated carbocycles. The Morgan fingerprint density at radius 1 is 1.54 bits per heavy atom. The normalized spacial score (nSPS) is 30.4. The van der Waals surface area contributed by atoms with Crippen LogP contribution in [-0.2, 0) is 0 Å². The Balaban J connectivity index is 1.91. The van der Waals surface area contributed by atoms with E-state index < -0.39 is 0 Å². The first-order valence-corrected chi connectivity index (χ1v) is 4.91. The lowest BCUT2D eigenvalue weighted by Crippen LogP contribution is -2.24. The van der Waals surface area contributed by atoms with Crippen LogP contribution in [0.15, 0.2) is 12.3 Å². The van der Waals surface area contributed by atoms with Crippen molar-refractivity contribution in [1.82, 2.24) is 9.97 Å². The molecule has 2 unspecified atom stereocenters. The van der Waals surface area contributed by atoms with Gasteiger partial charge in [0.15, 0.2) is 0 Å². The van der Waals surface area contributed by atoms with Crippen LogP contribution >= 0.6 is 0 Å². The molecule has 1 saturated heterocycles. The van der Waals surface area contributed by atoms with Crippen molar-refractivity contribution in [3.05, 3.63) is 18.0 Å². The molecule has 1 aromatic rings. The second kappa shape index (κ2) is 2.44. The van der Waals surface area contributed by atoms with Crippen LogP contribution in [0.5, 0.6) is 0 Å². The van der Waals surface area contributed by atoms with Gasteiger partial charge in [0.05, 0.1) is 0 Å². The zero-order chi connectivity index (χ0) is 8.84. The highest BCUT2D eigenvalue weighted by atomic mass is 15.3. The third-order valence-electron chi connectivity index (χ3n) is 3.07. The highest BCUT2D eigenvalue weighted by Gasteiger charge is 2.47. The standard InChI is InChI=1S/C10H13N3/c1-7-2-4-11-10(12-7)13-5-3-8-6-9(8)13/h2,4,8-9H,3,5-6H2,1H3. The van der Waals surface area contributed by atoms with Gasteiger partial charge < -0.3 is 4.90 Å². The minimum atomic E-state index is 0.766. The van der Waals surface area contributed by atoms with Crippen molar-refractivity contribution in [3.8, 4) is 0 Å². The second-order valence-electron chi connectivity index (χ2n) is 4.04. The molecule has 3 nitrogen and oxygen atoms in total. The summed E-state index contributed by atoms with van der Waals surface area (Å²) in [4.78, 5) is 11.1. The summed E-state index contributed by atoms with van der Waals surface area (Å²) in [6, 6.07) is 2.71. The van der Waals surface area contributed by atoms with Gasteiger partial charge in [0, 0.05) is 24.5 Å². The van der Waals surface area contributed by atoms with Crippen molar-refractivity contribution < 1.29 is 0 Å². The largest absolute Gasteiger partial charge is 0.338 e. The Bertz CT molecular complexity index is 337. The molecule has 0 radical (unpaired) electrons. The number of hydrogen-bond donors (Lipinski definition) is 0. The second-order valence-corrected chi connectivity index (χ2v) is 4.04. The maximum absolute atomic E-state index is 4.45. The van der Waals surface area contributed by atoms with Gasteiger partial charge in [0.2, 0.25) is 5.95 Å². The molecule has 2 heterocycles. The summed E-state index contributed by atoms with van der Waals surface area (Å²) in [7, 11) is 0. The predicted octanol–water partition coefficient (Wildman–Crippen LogP) is 1.38. The summed E-state index contributed by atoms with van der Waals surface area (Å²) in [5.41, 5.74) is 1.06. The number of rotatable bonds is 1. The van der Waals surface area contributed by atoms with Crippen LogP contribution in [0.4, 0.5) is 5.95 Å². The molecule has 1 aliphatic carbocycles. The molecule has 2 atom stereocenters. The van der Waals surface area contributed by atoms with Gasteiger partial charge in [0.25, 0.3) is 0 Å². The van der Waals surface area contributed by atoms with Crippen molar-refractivity contribution in [2.75, 3.05) is 11.4 Å². The van der Waals surface area contributed by atoms with Gasteiger partial charge in [-0.2, -0.15) is 0 Å². The van der Waals surface area contributed by atoms with Crippen molar-refractivity contribution in [1.29, 1.82) is 0 Å². The monoisotopic (exact) mass is 175 g/mol. The quantitative estimate of drug-likeness (QED) is 0.645. The van der Waals surface area contributed by atoms with E-state index in [9.17, 15) is 0 Å². The lowest BCUT2D eigenvalue weighted by Gasteiger charge is -2.17. The predicted molar refractivity (Wildman–Crippen MR) is 50.6 cm³/mol. The van der Waals surface area contributed by atoms with Gasteiger partial charge in [-0.25, -0.2) is 9.97 Å². The zero-order valence-corrected chi connectivity index (χ0v) is 7.77. The third kappa shape index (κ3) is 1.10. The minimum absolute atomic E-state index is 0.766. The molecule has 3 rings (SSSR count). The van der Waals surface area contributed by atoms with E-state index in [4.69, 9.17) is 0 Å². The van der Waals surface area contributed by atoms with E-state index in [0.717, 1.165) is 30.1 Å². The van der Waals surface area contributed by atoms with E-state index in [-0.39, 0.29) is 0 Å². The maximum Gasteiger partial charge on any atom is 0.225 e. The summed E-state index contributed by atoms with van der Waals surface area (Å²) < 4.78 is 0. The summed E-state index contributed by atoms with van der Waals surface area (Å²) in [6.07, 6.45) is 4.55. The van der Waals surface area contributed by atoms with Crippen LogP contribution in [0.1, 0.15) is 18.5 Å². The summed E-state index contributed by atoms with van der Waals surface area (Å²) in [5, 5.41) is 0. The Labute approximate surface area is 77.8 Å². The highest BCUT2D eigenvalue weighted by molar-refractivity contribution is 5.38. The van der Waals surface area contributed by atoms with Crippen molar-refractivity contribution in [2.24, 2.45) is 5.92 Å². The van der Waals surface area contributed by atoms with Gasteiger partial charge >= 0.3 is 0 Å². The summed E-state index contributed by atoms with van der Waals surface area (Å²) >= 11 is 0. The first kappa shape index (κ1) is 7.30. The van der Waals surface area contributed by atoms with Crippen molar-refractivity contribution >= 4 is 5.95 Å². The molecule has 0 aromatic carbocycles. The van der Waals surface area contributed by atoms with Crippen LogP contribution in [0.2, 0.25) is 0 Å². The number of anilines is 1. The van der Waals surface area contributed by atoms with Gasteiger partial charge in [-0.3, -0.25) is 0 Å². The smallest absolute Gasteiger partial charge is 0.225 e. The number of piperidine rings is 1. The Kier molecular flexibility index (Phi) is 1.37. The van der Waals surface area contributed by atoms with Crippen molar-refractivity contribution in [2.45, 2.75) is 25.8 Å². The van der Waals surface area contributed by atoms with E-state index >= 15 is 0 Å². The van der Waals surface area contributed by atoms with Gasteiger partial charge in [-0.05, 0) is 31.7 Å². The molecule has 13 heavy (non-hydrogen) atoms. The van der Waals surface area contributed by atoms with E-state index in [1.807, 2.05) is 19.2 Å². The van der Waals surface area contributed by atoms with E-state index in [1.165, 1.54) is 12.8 Å². The van der Waals surface area contributed by atoms with E-state index in [2.05, 4.69) is 14.9 Å². The number of aryl methyl sites for hydroxylation is 1. The topological polar surface area (TPSA) is 29.0 Å². The van der Waals surface area contributed by atoms with Gasteiger partial charge in [0.1, 0.15) is 0 Å². The average Bonchev–Trinajstić information content (AvgIpc) is 2.78. The molecular weight excluding hydrogens is 162 g/mol. The van der Waals surface area contributed by atoms with E-state index in [1.54, 1.807) is 0 Å². The number of hydrogen-bond acceptors (Lipinski definition) is 3. The fraction of sp³-hybridized carbons (Fsp3) is 0.600. The maximum atomic E-state index is 4.45. The molecule has 68 valence electrons. The number of fused-ring (bicyclic) bond motifs is 1. The fourth-order valence-electron chi connectivity index (χ4n) is 2.22. The van der Waals surface area contributed by atoms with Crippen LogP contribution in [0.25, 0.3) is 0 Å². The first-order valence-electron chi connectivity index (χ1n) is 4.91. The fourth-order valence-corrected chi connectivity index (χ4v) is 2.22. The summed E-state index contributed by atoms with van der Waals surface area (Å²) in [5.74, 6) is 1.88. The zero-order valence-electron chi connectivity index (χ0n) is 7.77. The van der Waals surface area contributed by atoms with Crippen LogP contribution in [0.3, 0.4) is 0 Å². The molecule has 1 aromatic heterocycles. The van der Waals surface area contributed by atoms with Crippen molar-refractivity contribution in [3.63, 3.8) is 0 Å². The lowest BCUT2D eigenvalue weighted by molar-refractivity contribution is 0.780. The Morgan fingerprint density at radius 2 is 2.46 bits per heavy atom. The molecule has 0 amide bonds. The number of aromatic nitrogens is 2. The number of nitrogens with zero attached hydrogens (tertiary/aromatic N) is 3. The highest BCUT2D eigenvalue weighted by Crippen LogP contribution is 2.45. The molecular formula is C10H13N3. The Hall–Kier alpha value is -1.12. The molecule has 2 fully saturated rings. The Morgan fingerprint density at radius 3 is 3.08 bits per heavy atom. The van der Waals surface area contributed by atoms with E-state index in [0.29, 0.717) is 0 Å². The third-order valence-corrected chi connectivity index (χ3v) is 3.07. The lowest BCUT2D eigenvalue weighted by atomic mass is 10.3. The molecule has 0 N–H and O–H groups in total. The van der Waals surface area contributed by atoms with Gasteiger partial charge in [-0.15, -0.1) is 0 Å². The first-order chi connectivity index (χ1) is 6.34. The molecule has 1 aliphatic heterocycles. The van der Waals surface area contributed by atoms with Crippen LogP contribution in [0, 0.1) is 12.8 Å².